The molecule has 1 unspecified atom stereocenters. The second kappa shape index (κ2) is 5.81. The molecule has 98 valence electrons. The van der Waals surface area contributed by atoms with Crippen molar-refractivity contribution in [3.05, 3.63) is 18.6 Å². The largest absolute Gasteiger partial charge is 0.369 e. The molecule has 0 spiro atoms. The van der Waals surface area contributed by atoms with E-state index < -0.39 is 10.8 Å². The van der Waals surface area contributed by atoms with Gasteiger partial charge in [-0.1, -0.05) is 0 Å². The molecule has 2 aromatic rings. The number of fused-ring (bicyclic) bond motifs is 1. The van der Waals surface area contributed by atoms with Crippen molar-refractivity contribution in [1.82, 2.24) is 14.4 Å². The van der Waals surface area contributed by atoms with E-state index in [1.807, 2.05) is 23.7 Å². The van der Waals surface area contributed by atoms with Gasteiger partial charge < -0.3 is 15.0 Å². The Morgan fingerprint density at radius 1 is 1.44 bits per heavy atom. The SMILES string of the molecule is CCNc1cn2ccnc2c(NCCS(C)=O)n1. The monoisotopic (exact) mass is 267 g/mol. The predicted octanol–water partition coefficient (Wildman–Crippen LogP) is 0.951. The number of imidazole rings is 1. The molecule has 0 aliphatic rings. The number of nitrogens with zero attached hydrogens (tertiary/aromatic N) is 3. The summed E-state index contributed by atoms with van der Waals surface area (Å²) in [6, 6.07) is 0. The highest BCUT2D eigenvalue weighted by molar-refractivity contribution is 7.84. The average molecular weight is 267 g/mol. The first-order valence-electron chi connectivity index (χ1n) is 5.82. The topological polar surface area (TPSA) is 71.3 Å². The van der Waals surface area contributed by atoms with E-state index in [1.54, 1.807) is 12.5 Å². The fraction of sp³-hybridized carbons (Fsp3) is 0.455. The Morgan fingerprint density at radius 2 is 2.28 bits per heavy atom. The van der Waals surface area contributed by atoms with Crippen LogP contribution in [0.1, 0.15) is 6.92 Å². The van der Waals surface area contributed by atoms with Gasteiger partial charge in [0.05, 0.1) is 6.20 Å². The van der Waals surface area contributed by atoms with Crippen LogP contribution >= 0.6 is 0 Å². The van der Waals surface area contributed by atoms with E-state index in [0.29, 0.717) is 18.1 Å². The van der Waals surface area contributed by atoms with Crippen LogP contribution in [0.5, 0.6) is 0 Å². The molecule has 2 heterocycles. The summed E-state index contributed by atoms with van der Waals surface area (Å²) in [6.45, 7) is 3.45. The van der Waals surface area contributed by atoms with Gasteiger partial charge in [-0.05, 0) is 6.92 Å². The molecule has 2 N–H and O–H groups in total. The van der Waals surface area contributed by atoms with Gasteiger partial charge >= 0.3 is 0 Å². The Morgan fingerprint density at radius 3 is 3.00 bits per heavy atom. The van der Waals surface area contributed by atoms with Gasteiger partial charge in [0.2, 0.25) is 0 Å². The van der Waals surface area contributed by atoms with Gasteiger partial charge in [-0.3, -0.25) is 4.21 Å². The van der Waals surface area contributed by atoms with Gasteiger partial charge in [-0.25, -0.2) is 9.97 Å². The van der Waals surface area contributed by atoms with E-state index in [9.17, 15) is 4.21 Å². The fourth-order valence-electron chi connectivity index (χ4n) is 1.63. The zero-order chi connectivity index (χ0) is 13.0. The molecular formula is C11H17N5OS. The van der Waals surface area contributed by atoms with Crippen LogP contribution in [0.4, 0.5) is 11.6 Å². The van der Waals surface area contributed by atoms with Crippen molar-refractivity contribution >= 4 is 28.1 Å². The smallest absolute Gasteiger partial charge is 0.180 e. The molecule has 0 aliphatic heterocycles. The second-order valence-corrected chi connectivity index (χ2v) is 5.42. The van der Waals surface area contributed by atoms with E-state index in [1.165, 1.54) is 0 Å². The maximum absolute atomic E-state index is 11.0. The maximum atomic E-state index is 11.0. The van der Waals surface area contributed by atoms with Crippen LogP contribution in [0.15, 0.2) is 18.6 Å². The van der Waals surface area contributed by atoms with Crippen LogP contribution < -0.4 is 10.6 Å². The number of aromatic nitrogens is 3. The Bertz CT molecular complexity index is 553. The summed E-state index contributed by atoms with van der Waals surface area (Å²) in [6.07, 6.45) is 7.20. The van der Waals surface area contributed by atoms with Crippen LogP contribution in [0.2, 0.25) is 0 Å². The Labute approximate surface area is 108 Å². The molecule has 0 radical (unpaired) electrons. The van der Waals surface area contributed by atoms with E-state index in [2.05, 4.69) is 20.6 Å². The second-order valence-electron chi connectivity index (χ2n) is 3.87. The number of hydrogen-bond acceptors (Lipinski definition) is 5. The third-order valence-corrected chi connectivity index (χ3v) is 3.19. The lowest BCUT2D eigenvalue weighted by Crippen LogP contribution is -2.13. The van der Waals surface area contributed by atoms with Crippen molar-refractivity contribution in [1.29, 1.82) is 0 Å². The summed E-state index contributed by atoms with van der Waals surface area (Å²) < 4.78 is 12.9. The lowest BCUT2D eigenvalue weighted by Gasteiger charge is -2.09. The predicted molar refractivity (Wildman–Crippen MR) is 74.6 cm³/mol. The first-order chi connectivity index (χ1) is 8.70. The molecule has 0 bridgehead atoms. The normalized spacial score (nSPS) is 12.6. The van der Waals surface area contributed by atoms with Crippen molar-refractivity contribution in [2.75, 3.05) is 35.7 Å². The van der Waals surface area contributed by atoms with Crippen LogP contribution in [-0.2, 0) is 10.8 Å². The van der Waals surface area contributed by atoms with Gasteiger partial charge in [0.1, 0.15) is 5.82 Å². The molecule has 0 fully saturated rings. The molecular weight excluding hydrogens is 250 g/mol. The number of hydrogen-bond donors (Lipinski definition) is 2. The highest BCUT2D eigenvalue weighted by Gasteiger charge is 2.06. The Hall–Kier alpha value is -1.63. The molecule has 2 rings (SSSR count). The summed E-state index contributed by atoms with van der Waals surface area (Å²) in [5.74, 6) is 2.10. The van der Waals surface area contributed by atoms with Gasteiger partial charge in [0.15, 0.2) is 11.5 Å². The minimum absolute atomic E-state index is 0.597. The molecule has 0 amide bonds. The van der Waals surface area contributed by atoms with E-state index >= 15 is 0 Å². The lowest BCUT2D eigenvalue weighted by molar-refractivity contribution is 0.687. The minimum atomic E-state index is -0.805. The van der Waals surface area contributed by atoms with E-state index in [0.717, 1.165) is 18.0 Å². The van der Waals surface area contributed by atoms with Crippen molar-refractivity contribution in [3.8, 4) is 0 Å². The van der Waals surface area contributed by atoms with Crippen LogP contribution in [-0.4, -0.2) is 43.7 Å². The quantitative estimate of drug-likeness (QED) is 0.815. The summed E-state index contributed by atoms with van der Waals surface area (Å²) in [4.78, 5) is 8.71. The molecule has 2 aromatic heterocycles. The van der Waals surface area contributed by atoms with Gasteiger partial charge in [0, 0.05) is 48.3 Å². The van der Waals surface area contributed by atoms with Gasteiger partial charge in [-0.2, -0.15) is 0 Å². The van der Waals surface area contributed by atoms with E-state index in [4.69, 9.17) is 0 Å². The molecule has 18 heavy (non-hydrogen) atoms. The average Bonchev–Trinajstić information content (AvgIpc) is 2.77. The first-order valence-corrected chi connectivity index (χ1v) is 7.55. The molecule has 1 atom stereocenters. The zero-order valence-corrected chi connectivity index (χ0v) is 11.3. The van der Waals surface area contributed by atoms with Gasteiger partial charge in [0.25, 0.3) is 0 Å². The third-order valence-electron chi connectivity index (χ3n) is 2.41. The van der Waals surface area contributed by atoms with Crippen molar-refractivity contribution in [3.63, 3.8) is 0 Å². The van der Waals surface area contributed by atoms with Crippen LogP contribution in [0.3, 0.4) is 0 Å². The number of anilines is 2. The molecule has 7 heteroatoms. The molecule has 0 aromatic carbocycles. The maximum Gasteiger partial charge on any atom is 0.180 e. The Balaban J connectivity index is 2.22. The number of nitrogens with one attached hydrogen (secondary N) is 2. The highest BCUT2D eigenvalue weighted by Crippen LogP contribution is 2.15. The lowest BCUT2D eigenvalue weighted by atomic mass is 10.5. The summed E-state index contributed by atoms with van der Waals surface area (Å²) >= 11 is 0. The zero-order valence-electron chi connectivity index (χ0n) is 10.5. The number of rotatable bonds is 6. The molecule has 0 saturated heterocycles. The molecule has 0 saturated carbocycles. The highest BCUT2D eigenvalue weighted by atomic mass is 32.2. The van der Waals surface area contributed by atoms with Crippen molar-refractivity contribution in [2.45, 2.75) is 6.92 Å². The van der Waals surface area contributed by atoms with Crippen LogP contribution in [0, 0.1) is 0 Å². The fourth-order valence-corrected chi connectivity index (χ4v) is 2.02. The molecule has 6 nitrogen and oxygen atoms in total. The van der Waals surface area contributed by atoms with Gasteiger partial charge in [-0.15, -0.1) is 0 Å². The summed E-state index contributed by atoms with van der Waals surface area (Å²) in [7, 11) is -0.805. The minimum Gasteiger partial charge on any atom is -0.369 e. The van der Waals surface area contributed by atoms with Crippen molar-refractivity contribution in [2.24, 2.45) is 0 Å². The van der Waals surface area contributed by atoms with E-state index in [-0.39, 0.29) is 0 Å². The summed E-state index contributed by atoms with van der Waals surface area (Å²) in [5.41, 5.74) is 0.776. The molecule has 0 aliphatic carbocycles. The third kappa shape index (κ3) is 2.98. The standard InChI is InChI=1S/C11H17N5OS/c1-3-12-9-8-16-6-4-14-11(16)10(15-9)13-5-7-18(2)17/h4,6,8,12H,3,5,7H2,1-2H3,(H,13,15). The van der Waals surface area contributed by atoms with Crippen molar-refractivity contribution < 1.29 is 4.21 Å². The summed E-state index contributed by atoms with van der Waals surface area (Å²) in [5, 5.41) is 6.35. The van der Waals surface area contributed by atoms with Crippen LogP contribution in [0.25, 0.3) is 5.65 Å². The first kappa shape index (κ1) is 12.8. The Kier molecular flexibility index (Phi) is 4.14.